The molecule has 130 valence electrons. The fraction of sp³-hybridized carbons (Fsp3) is 0.278. The summed E-state index contributed by atoms with van der Waals surface area (Å²) in [5, 5.41) is 3.69. The summed E-state index contributed by atoms with van der Waals surface area (Å²) in [6.07, 6.45) is 0. The van der Waals surface area contributed by atoms with E-state index in [1.807, 2.05) is 19.9 Å². The lowest BCUT2D eigenvalue weighted by Crippen LogP contribution is -2.39. The minimum absolute atomic E-state index is 0.286. The van der Waals surface area contributed by atoms with Gasteiger partial charge in [0.25, 0.3) is 0 Å². The molecule has 1 aliphatic heterocycles. The van der Waals surface area contributed by atoms with Gasteiger partial charge in [0, 0.05) is 18.0 Å². The number of pyridine rings is 1. The van der Waals surface area contributed by atoms with Crippen LogP contribution in [0.3, 0.4) is 0 Å². The number of urea groups is 1. The number of amides is 2. The molecule has 0 fully saturated rings. The van der Waals surface area contributed by atoms with Crippen LogP contribution in [0.25, 0.3) is 0 Å². The van der Waals surface area contributed by atoms with Crippen LogP contribution < -0.4 is 10.2 Å². The van der Waals surface area contributed by atoms with Crippen LogP contribution in [0, 0.1) is 13.8 Å². The molecule has 2 heterocycles. The molecule has 1 N–H and O–H groups in total. The minimum Gasteiger partial charge on any atom is -0.465 e. The summed E-state index contributed by atoms with van der Waals surface area (Å²) in [6, 6.07) is 8.48. The number of carbonyl (C=O) groups excluding carboxylic acids is 2. The summed E-state index contributed by atoms with van der Waals surface area (Å²) in [7, 11) is 1.32. The van der Waals surface area contributed by atoms with E-state index in [4.69, 9.17) is 4.74 Å². The molecular weight excluding hydrogens is 338 g/mol. The maximum atomic E-state index is 12.9. The summed E-state index contributed by atoms with van der Waals surface area (Å²) in [6.45, 7) is 4.50. The van der Waals surface area contributed by atoms with Crippen LogP contribution in [0.1, 0.15) is 21.6 Å². The van der Waals surface area contributed by atoms with Crippen molar-refractivity contribution < 1.29 is 14.3 Å². The van der Waals surface area contributed by atoms with Gasteiger partial charge in [-0.2, -0.15) is 0 Å². The molecular formula is C18H19N3O3S. The number of anilines is 2. The normalized spacial score (nSPS) is 13.2. The molecule has 1 aromatic heterocycles. The number of hydrogen-bond donors (Lipinski definition) is 1. The van der Waals surface area contributed by atoms with Gasteiger partial charge in [0.15, 0.2) is 0 Å². The second-order valence-electron chi connectivity index (χ2n) is 5.70. The van der Waals surface area contributed by atoms with E-state index in [-0.39, 0.29) is 6.03 Å². The van der Waals surface area contributed by atoms with Gasteiger partial charge in [0.1, 0.15) is 5.03 Å². The minimum atomic E-state index is -0.487. The number of aryl methyl sites for hydroxylation is 2. The van der Waals surface area contributed by atoms with Gasteiger partial charge in [-0.05, 0) is 37.6 Å². The Morgan fingerprint density at radius 3 is 2.80 bits per heavy atom. The topological polar surface area (TPSA) is 71.5 Å². The maximum Gasteiger partial charge on any atom is 0.339 e. The summed E-state index contributed by atoms with van der Waals surface area (Å²) in [4.78, 5) is 31.0. The Balaban J connectivity index is 1.91. The van der Waals surface area contributed by atoms with Gasteiger partial charge >= 0.3 is 12.0 Å². The predicted octanol–water partition coefficient (Wildman–Crippen LogP) is 3.63. The van der Waals surface area contributed by atoms with Crippen molar-refractivity contribution in [1.29, 1.82) is 0 Å². The third-order valence-corrected chi connectivity index (χ3v) is 4.87. The largest absolute Gasteiger partial charge is 0.465 e. The molecule has 0 atom stereocenters. The average molecular weight is 357 g/mol. The zero-order valence-corrected chi connectivity index (χ0v) is 15.1. The van der Waals surface area contributed by atoms with E-state index in [2.05, 4.69) is 10.3 Å². The Kier molecular flexibility index (Phi) is 4.94. The van der Waals surface area contributed by atoms with Gasteiger partial charge < -0.3 is 10.1 Å². The number of thioether (sulfide) groups is 1. The molecule has 2 aromatic rings. The Bertz CT molecular complexity index is 838. The van der Waals surface area contributed by atoms with Crippen molar-refractivity contribution in [2.75, 3.05) is 29.6 Å². The first-order valence-corrected chi connectivity index (χ1v) is 8.86. The molecule has 0 bridgehead atoms. The van der Waals surface area contributed by atoms with Crippen LogP contribution in [-0.2, 0) is 4.74 Å². The van der Waals surface area contributed by atoms with Crippen LogP contribution in [-0.4, -0.2) is 36.4 Å². The van der Waals surface area contributed by atoms with Crippen molar-refractivity contribution in [3.63, 3.8) is 0 Å². The fourth-order valence-corrected chi connectivity index (χ4v) is 3.92. The number of carbonyl (C=O) groups is 2. The van der Waals surface area contributed by atoms with E-state index in [0.29, 0.717) is 17.8 Å². The zero-order valence-electron chi connectivity index (χ0n) is 14.3. The van der Waals surface area contributed by atoms with Crippen LogP contribution >= 0.6 is 11.8 Å². The van der Waals surface area contributed by atoms with Crippen molar-refractivity contribution in [3.8, 4) is 0 Å². The van der Waals surface area contributed by atoms with Crippen LogP contribution in [0.15, 0.2) is 35.4 Å². The lowest BCUT2D eigenvalue weighted by molar-refractivity contribution is 0.0602. The number of ether oxygens (including phenoxy) is 1. The first-order chi connectivity index (χ1) is 12.0. The number of methoxy groups -OCH3 is 1. The molecule has 0 radical (unpaired) electrons. The van der Waals surface area contributed by atoms with Gasteiger partial charge in [0.2, 0.25) is 0 Å². The fourth-order valence-electron chi connectivity index (χ4n) is 2.84. The van der Waals surface area contributed by atoms with E-state index in [1.54, 1.807) is 40.9 Å². The Hall–Kier alpha value is -2.54. The van der Waals surface area contributed by atoms with Crippen molar-refractivity contribution in [3.05, 3.63) is 47.2 Å². The Morgan fingerprint density at radius 2 is 2.04 bits per heavy atom. The maximum absolute atomic E-state index is 12.9. The first kappa shape index (κ1) is 17.3. The summed E-state index contributed by atoms with van der Waals surface area (Å²) in [5.41, 5.74) is 3.52. The third-order valence-electron chi connectivity index (χ3n) is 3.92. The van der Waals surface area contributed by atoms with Crippen molar-refractivity contribution in [2.24, 2.45) is 0 Å². The van der Waals surface area contributed by atoms with Gasteiger partial charge in [-0.1, -0.05) is 12.1 Å². The molecule has 1 aromatic carbocycles. The Labute approximate surface area is 150 Å². The number of fused-ring (bicyclic) bond motifs is 1. The second-order valence-corrected chi connectivity index (χ2v) is 6.79. The number of hydrogen-bond acceptors (Lipinski definition) is 5. The number of aromatic nitrogens is 1. The molecule has 3 rings (SSSR count). The quantitative estimate of drug-likeness (QED) is 0.831. The summed E-state index contributed by atoms with van der Waals surface area (Å²) >= 11 is 1.65. The van der Waals surface area contributed by atoms with Crippen molar-refractivity contribution in [1.82, 2.24) is 4.98 Å². The van der Waals surface area contributed by atoms with Crippen LogP contribution in [0.4, 0.5) is 16.2 Å². The van der Waals surface area contributed by atoms with Crippen molar-refractivity contribution in [2.45, 2.75) is 18.9 Å². The number of esters is 1. The summed E-state index contributed by atoms with van der Waals surface area (Å²) in [5.74, 6) is 0.286. The lowest BCUT2D eigenvalue weighted by Gasteiger charge is -2.30. The van der Waals surface area contributed by atoms with E-state index in [1.165, 1.54) is 7.11 Å². The molecule has 7 heteroatoms. The van der Waals surface area contributed by atoms with Gasteiger partial charge in [0.05, 0.1) is 24.0 Å². The van der Waals surface area contributed by atoms with E-state index < -0.39 is 5.97 Å². The highest BCUT2D eigenvalue weighted by Gasteiger charge is 2.27. The van der Waals surface area contributed by atoms with Gasteiger partial charge in [-0.25, -0.2) is 14.6 Å². The molecule has 0 spiro atoms. The highest BCUT2D eigenvalue weighted by atomic mass is 32.2. The second kappa shape index (κ2) is 7.14. The lowest BCUT2D eigenvalue weighted by atomic mass is 10.1. The Morgan fingerprint density at radius 1 is 1.28 bits per heavy atom. The third kappa shape index (κ3) is 3.46. The molecule has 0 aliphatic carbocycles. The molecule has 1 aliphatic rings. The number of nitrogens with one attached hydrogen (secondary N) is 1. The highest BCUT2D eigenvalue weighted by Crippen LogP contribution is 2.36. The SMILES string of the molecule is COC(=O)c1ccccc1NC(=O)N1CCSc2nc(C)cc(C)c21. The first-order valence-electron chi connectivity index (χ1n) is 7.88. The highest BCUT2D eigenvalue weighted by molar-refractivity contribution is 7.99. The molecule has 0 unspecified atom stereocenters. The number of nitrogens with zero attached hydrogens (tertiary/aromatic N) is 2. The van der Waals surface area contributed by atoms with E-state index >= 15 is 0 Å². The molecule has 6 nitrogen and oxygen atoms in total. The molecule has 25 heavy (non-hydrogen) atoms. The van der Waals surface area contributed by atoms with Gasteiger partial charge in [-0.15, -0.1) is 11.8 Å². The molecule has 0 saturated heterocycles. The summed E-state index contributed by atoms with van der Waals surface area (Å²) < 4.78 is 4.78. The predicted molar refractivity (Wildman–Crippen MR) is 98.6 cm³/mol. The van der Waals surface area contributed by atoms with Crippen LogP contribution in [0.5, 0.6) is 0 Å². The smallest absolute Gasteiger partial charge is 0.339 e. The molecule has 0 saturated carbocycles. The van der Waals surface area contributed by atoms with Crippen molar-refractivity contribution >= 4 is 35.1 Å². The monoisotopic (exact) mass is 357 g/mol. The van der Waals surface area contributed by atoms with Gasteiger partial charge in [-0.3, -0.25) is 4.90 Å². The zero-order chi connectivity index (χ0) is 18.0. The number of rotatable bonds is 2. The average Bonchev–Trinajstić information content (AvgIpc) is 2.60. The number of para-hydroxylation sites is 1. The molecule has 2 amide bonds. The van der Waals surface area contributed by atoms with Crippen LogP contribution in [0.2, 0.25) is 0 Å². The standard InChI is InChI=1S/C18H19N3O3S/c1-11-10-12(2)19-16-15(11)21(8-9-25-16)18(23)20-14-7-5-4-6-13(14)17(22)24-3/h4-7,10H,8-9H2,1-3H3,(H,20,23). The number of benzene rings is 1. The van der Waals surface area contributed by atoms with E-state index in [9.17, 15) is 9.59 Å². The van der Waals surface area contributed by atoms with E-state index in [0.717, 1.165) is 27.7 Å².